The second kappa shape index (κ2) is 10.6. The molecule has 0 aliphatic rings. The number of aryl methyl sites for hydroxylation is 1. The first-order valence-electron chi connectivity index (χ1n) is 11.5. The molecular formula is C27H34N2O4. The number of nitrogens with one attached hydrogen (secondary N) is 1. The number of nitrogens with zero attached hydrogens (tertiary/aromatic N) is 1. The summed E-state index contributed by atoms with van der Waals surface area (Å²) < 4.78 is 5.59. The number of aromatic nitrogens is 1. The summed E-state index contributed by atoms with van der Waals surface area (Å²) >= 11 is 0. The molecule has 0 saturated carbocycles. The second-order valence-electron chi connectivity index (χ2n) is 8.90. The number of methoxy groups -OCH3 is 1. The van der Waals surface area contributed by atoms with Crippen LogP contribution in [0.3, 0.4) is 0 Å². The van der Waals surface area contributed by atoms with Crippen molar-refractivity contribution < 1.29 is 19.4 Å². The van der Waals surface area contributed by atoms with Crippen molar-refractivity contribution in [3.63, 3.8) is 0 Å². The summed E-state index contributed by atoms with van der Waals surface area (Å²) in [4.78, 5) is 28.7. The Morgan fingerprint density at radius 2 is 1.85 bits per heavy atom. The van der Waals surface area contributed by atoms with Gasteiger partial charge in [0, 0.05) is 48.6 Å². The van der Waals surface area contributed by atoms with Gasteiger partial charge in [0.05, 0.1) is 12.7 Å². The van der Waals surface area contributed by atoms with E-state index in [0.29, 0.717) is 5.75 Å². The zero-order valence-corrected chi connectivity index (χ0v) is 20.1. The minimum absolute atomic E-state index is 0.0220. The second-order valence-corrected chi connectivity index (χ2v) is 8.90. The molecule has 2 N–H and O–H groups in total. The topological polar surface area (TPSA) is 82.6 Å². The van der Waals surface area contributed by atoms with Gasteiger partial charge in [-0.1, -0.05) is 32.4 Å². The Labute approximate surface area is 195 Å². The summed E-state index contributed by atoms with van der Waals surface area (Å²) in [7, 11) is 5.17. The fraction of sp³-hybridized carbons (Fsp3) is 0.407. The van der Waals surface area contributed by atoms with Crippen LogP contribution in [0.25, 0.3) is 10.9 Å². The van der Waals surface area contributed by atoms with Crippen molar-refractivity contribution in [1.29, 1.82) is 0 Å². The lowest BCUT2D eigenvalue weighted by Gasteiger charge is -2.20. The highest BCUT2D eigenvalue weighted by molar-refractivity contribution is 5.89. The highest BCUT2D eigenvalue weighted by Crippen LogP contribution is 2.39. The van der Waals surface area contributed by atoms with Crippen molar-refractivity contribution in [3.8, 4) is 5.75 Å². The minimum atomic E-state index is -0.967. The van der Waals surface area contributed by atoms with Crippen LogP contribution in [0.15, 0.2) is 42.6 Å². The Morgan fingerprint density at radius 3 is 2.48 bits per heavy atom. The maximum atomic E-state index is 12.2. The summed E-state index contributed by atoms with van der Waals surface area (Å²) in [5.41, 5.74) is 4.64. The van der Waals surface area contributed by atoms with Gasteiger partial charge in [0.2, 0.25) is 5.91 Å². The van der Waals surface area contributed by atoms with E-state index in [1.54, 1.807) is 38.2 Å². The molecule has 33 heavy (non-hydrogen) atoms. The van der Waals surface area contributed by atoms with Gasteiger partial charge in [-0.15, -0.1) is 0 Å². The summed E-state index contributed by atoms with van der Waals surface area (Å²) in [5, 5.41) is 10.5. The summed E-state index contributed by atoms with van der Waals surface area (Å²) in [6.07, 6.45) is 5.57. The summed E-state index contributed by atoms with van der Waals surface area (Å²) in [6.45, 7) is 4.13. The Bertz CT molecular complexity index is 1130. The van der Waals surface area contributed by atoms with E-state index in [0.717, 1.165) is 42.1 Å². The van der Waals surface area contributed by atoms with Crippen LogP contribution in [0.1, 0.15) is 66.1 Å². The predicted molar refractivity (Wildman–Crippen MR) is 131 cm³/mol. The standard InChI is InChI=1S/C27H34N2O4/c1-6-7-20(21-12-11-19(27(31)32)15-25(21)33-5)23-16-28-24-13-10-18(14-22(23)24)9-8-17(2)26(30)29(3)4/h10-17,20,28H,6-9H2,1-5H3,(H,31,32). The number of hydrogen-bond acceptors (Lipinski definition) is 3. The number of amides is 1. The van der Waals surface area contributed by atoms with Crippen molar-refractivity contribution in [2.24, 2.45) is 5.92 Å². The van der Waals surface area contributed by atoms with E-state index in [1.807, 2.05) is 13.0 Å². The quantitative estimate of drug-likeness (QED) is 0.429. The van der Waals surface area contributed by atoms with E-state index in [9.17, 15) is 14.7 Å². The number of fused-ring (bicyclic) bond motifs is 1. The Kier molecular flexibility index (Phi) is 7.79. The van der Waals surface area contributed by atoms with Gasteiger partial charge >= 0.3 is 5.97 Å². The molecule has 2 aromatic carbocycles. The van der Waals surface area contributed by atoms with Gasteiger partial charge in [-0.25, -0.2) is 4.79 Å². The van der Waals surface area contributed by atoms with Gasteiger partial charge in [-0.3, -0.25) is 4.79 Å². The van der Waals surface area contributed by atoms with E-state index in [4.69, 9.17) is 4.74 Å². The lowest BCUT2D eigenvalue weighted by atomic mass is 9.86. The predicted octanol–water partition coefficient (Wildman–Crippen LogP) is 5.46. The molecule has 6 heteroatoms. The molecule has 6 nitrogen and oxygen atoms in total. The molecule has 0 bridgehead atoms. The summed E-state index contributed by atoms with van der Waals surface area (Å²) in [6, 6.07) is 11.6. The molecule has 0 aliphatic carbocycles. The smallest absolute Gasteiger partial charge is 0.335 e. The molecule has 0 aliphatic heterocycles. The van der Waals surface area contributed by atoms with Gasteiger partial charge in [0.1, 0.15) is 5.75 Å². The monoisotopic (exact) mass is 450 g/mol. The molecule has 2 unspecified atom stereocenters. The van der Waals surface area contributed by atoms with Crippen molar-refractivity contribution in [3.05, 3.63) is 64.8 Å². The van der Waals surface area contributed by atoms with Crippen LogP contribution in [0.2, 0.25) is 0 Å². The molecule has 0 spiro atoms. The molecule has 1 amide bonds. The molecule has 3 aromatic rings. The normalized spacial score (nSPS) is 13.0. The van der Waals surface area contributed by atoms with Crippen molar-refractivity contribution in [2.45, 2.75) is 45.4 Å². The first-order valence-corrected chi connectivity index (χ1v) is 11.5. The van der Waals surface area contributed by atoms with Crippen LogP contribution in [0.4, 0.5) is 0 Å². The number of carboxylic acid groups (broad SMARTS) is 1. The number of H-pyrrole nitrogens is 1. The van der Waals surface area contributed by atoms with Gasteiger partial charge in [0.25, 0.3) is 0 Å². The third kappa shape index (κ3) is 5.38. The Balaban J connectivity index is 1.96. The van der Waals surface area contributed by atoms with E-state index < -0.39 is 5.97 Å². The molecule has 0 fully saturated rings. The number of rotatable bonds is 10. The van der Waals surface area contributed by atoms with Crippen molar-refractivity contribution in [1.82, 2.24) is 9.88 Å². The van der Waals surface area contributed by atoms with Gasteiger partial charge in [-0.2, -0.15) is 0 Å². The highest BCUT2D eigenvalue weighted by Gasteiger charge is 2.22. The molecular weight excluding hydrogens is 416 g/mol. The average molecular weight is 451 g/mol. The number of aromatic amines is 1. The third-order valence-electron chi connectivity index (χ3n) is 6.32. The zero-order chi connectivity index (χ0) is 24.1. The van der Waals surface area contributed by atoms with Crippen molar-refractivity contribution >= 4 is 22.8 Å². The maximum Gasteiger partial charge on any atom is 0.335 e. The molecule has 2 atom stereocenters. The number of hydrogen-bond donors (Lipinski definition) is 2. The van der Waals surface area contributed by atoms with E-state index in [-0.39, 0.29) is 23.3 Å². The van der Waals surface area contributed by atoms with E-state index >= 15 is 0 Å². The first kappa shape index (κ1) is 24.4. The number of carbonyl (C=O) groups excluding carboxylic acids is 1. The molecule has 176 valence electrons. The lowest BCUT2D eigenvalue weighted by Crippen LogP contribution is -2.28. The van der Waals surface area contributed by atoms with E-state index in [1.165, 1.54) is 11.1 Å². The Hall–Kier alpha value is -3.28. The number of aromatic carboxylic acids is 1. The first-order chi connectivity index (χ1) is 15.8. The van der Waals surface area contributed by atoms with Crippen LogP contribution in [0, 0.1) is 5.92 Å². The third-order valence-corrected chi connectivity index (χ3v) is 6.32. The van der Waals surface area contributed by atoms with Gasteiger partial charge in [-0.05, 0) is 54.7 Å². The average Bonchev–Trinajstić information content (AvgIpc) is 3.22. The van der Waals surface area contributed by atoms with Crippen LogP contribution >= 0.6 is 0 Å². The SMILES string of the molecule is CCCC(c1ccc(C(=O)O)cc1OC)c1c[nH]c2ccc(CCC(C)C(=O)N(C)C)cc12. The lowest BCUT2D eigenvalue weighted by molar-refractivity contribution is -0.132. The number of benzene rings is 2. The highest BCUT2D eigenvalue weighted by atomic mass is 16.5. The number of carboxylic acids is 1. The number of ether oxygens (including phenoxy) is 1. The van der Waals surface area contributed by atoms with Crippen LogP contribution in [0.5, 0.6) is 5.75 Å². The molecule has 3 rings (SSSR count). The fourth-order valence-electron chi connectivity index (χ4n) is 4.48. The minimum Gasteiger partial charge on any atom is -0.496 e. The molecule has 1 aromatic heterocycles. The summed E-state index contributed by atoms with van der Waals surface area (Å²) in [5.74, 6) is -0.170. The van der Waals surface area contributed by atoms with Crippen LogP contribution in [-0.4, -0.2) is 48.1 Å². The Morgan fingerprint density at radius 1 is 1.09 bits per heavy atom. The van der Waals surface area contributed by atoms with Crippen LogP contribution in [-0.2, 0) is 11.2 Å². The van der Waals surface area contributed by atoms with Crippen molar-refractivity contribution in [2.75, 3.05) is 21.2 Å². The van der Waals surface area contributed by atoms with Gasteiger partial charge < -0.3 is 19.7 Å². The molecule has 1 heterocycles. The maximum absolute atomic E-state index is 12.2. The number of carbonyl (C=O) groups is 2. The van der Waals surface area contributed by atoms with Crippen LogP contribution < -0.4 is 4.74 Å². The molecule has 0 saturated heterocycles. The largest absolute Gasteiger partial charge is 0.496 e. The van der Waals surface area contributed by atoms with Gasteiger partial charge in [0.15, 0.2) is 0 Å². The molecule has 0 radical (unpaired) electrons. The fourth-order valence-corrected chi connectivity index (χ4v) is 4.48. The zero-order valence-electron chi connectivity index (χ0n) is 20.1. The van der Waals surface area contributed by atoms with E-state index in [2.05, 4.69) is 36.3 Å².